The zero-order chi connectivity index (χ0) is 15.3. The van der Waals surface area contributed by atoms with E-state index in [2.05, 4.69) is 0 Å². The number of nitriles is 1. The molecule has 0 saturated carbocycles. The van der Waals surface area contributed by atoms with Gasteiger partial charge in [0.2, 0.25) is 5.88 Å². The Kier molecular flexibility index (Phi) is 2.81. The summed E-state index contributed by atoms with van der Waals surface area (Å²) in [6, 6.07) is 3.52. The summed E-state index contributed by atoms with van der Waals surface area (Å²) in [4.78, 5) is 12.1. The zero-order valence-corrected chi connectivity index (χ0v) is 10.5. The Labute approximate surface area is 116 Å². The van der Waals surface area contributed by atoms with E-state index in [1.807, 2.05) is 0 Å². The number of aromatic hydroxyl groups is 1. The minimum atomic E-state index is -1.41. The van der Waals surface area contributed by atoms with Gasteiger partial charge in [0.25, 0.3) is 0 Å². The standard InChI is InChI=1S/C13H9F2N3O3/c14-9-6(5-16)1-2-7(10(9)15)18-12(20)11-8(19)3-4-17(11)13(18)21/h1-2,8,19-20H,3-4H2/t8-/m1/s1. The summed E-state index contributed by atoms with van der Waals surface area (Å²) in [6.07, 6.45) is -0.770. The lowest BCUT2D eigenvalue weighted by Gasteiger charge is -2.08. The smallest absolute Gasteiger partial charge is 0.336 e. The van der Waals surface area contributed by atoms with Crippen molar-refractivity contribution in [1.29, 1.82) is 5.26 Å². The lowest BCUT2D eigenvalue weighted by Crippen LogP contribution is -2.23. The Morgan fingerprint density at radius 3 is 2.67 bits per heavy atom. The quantitative estimate of drug-likeness (QED) is 0.818. The minimum absolute atomic E-state index is 0.0239. The molecule has 108 valence electrons. The van der Waals surface area contributed by atoms with Crippen LogP contribution in [0.3, 0.4) is 0 Å². The Morgan fingerprint density at radius 1 is 1.33 bits per heavy atom. The number of fused-ring (bicyclic) bond motifs is 1. The molecule has 6 nitrogen and oxygen atoms in total. The van der Waals surface area contributed by atoms with Crippen LogP contribution in [0.2, 0.25) is 0 Å². The summed E-state index contributed by atoms with van der Waals surface area (Å²) >= 11 is 0. The van der Waals surface area contributed by atoms with Gasteiger partial charge >= 0.3 is 5.69 Å². The molecule has 3 rings (SSSR count). The van der Waals surface area contributed by atoms with Gasteiger partial charge in [-0.3, -0.25) is 4.57 Å². The molecule has 1 aliphatic heterocycles. The number of hydrogen-bond acceptors (Lipinski definition) is 4. The number of aromatic nitrogens is 2. The van der Waals surface area contributed by atoms with E-state index in [1.54, 1.807) is 0 Å². The molecule has 0 bridgehead atoms. The van der Waals surface area contributed by atoms with Crippen LogP contribution in [0.25, 0.3) is 5.69 Å². The van der Waals surface area contributed by atoms with Crippen molar-refractivity contribution in [1.82, 2.24) is 9.13 Å². The SMILES string of the molecule is N#Cc1ccc(-n2c(O)c3n(c2=O)CC[C@H]3O)c(F)c1F. The zero-order valence-electron chi connectivity index (χ0n) is 10.5. The molecule has 2 heterocycles. The fourth-order valence-electron chi connectivity index (χ4n) is 2.50. The Hall–Kier alpha value is -2.66. The highest BCUT2D eigenvalue weighted by Crippen LogP contribution is 2.33. The molecule has 2 aromatic rings. The second-order valence-electron chi connectivity index (χ2n) is 4.65. The summed E-state index contributed by atoms with van der Waals surface area (Å²) in [5.74, 6) is -3.44. The summed E-state index contributed by atoms with van der Waals surface area (Å²) < 4.78 is 29.3. The first-order valence-corrected chi connectivity index (χ1v) is 6.08. The molecule has 1 aliphatic rings. The van der Waals surface area contributed by atoms with E-state index < -0.39 is 40.6 Å². The van der Waals surface area contributed by atoms with Crippen LogP contribution in [0.5, 0.6) is 5.88 Å². The molecule has 0 fully saturated rings. The van der Waals surface area contributed by atoms with Crippen LogP contribution in [-0.4, -0.2) is 19.3 Å². The van der Waals surface area contributed by atoms with Crippen molar-refractivity contribution < 1.29 is 19.0 Å². The van der Waals surface area contributed by atoms with Crippen molar-refractivity contribution >= 4 is 0 Å². The number of rotatable bonds is 1. The molecular formula is C13H9F2N3O3. The average molecular weight is 293 g/mol. The first kappa shape index (κ1) is 13.3. The molecular weight excluding hydrogens is 284 g/mol. The third-order valence-corrected chi connectivity index (χ3v) is 3.52. The maximum Gasteiger partial charge on any atom is 0.336 e. The van der Waals surface area contributed by atoms with Gasteiger partial charge in [-0.25, -0.2) is 18.1 Å². The lowest BCUT2D eigenvalue weighted by molar-refractivity contribution is 0.175. The molecule has 1 aromatic heterocycles. The van der Waals surface area contributed by atoms with Gasteiger partial charge in [0.05, 0.1) is 11.3 Å². The summed E-state index contributed by atoms with van der Waals surface area (Å²) in [7, 11) is 0. The largest absolute Gasteiger partial charge is 0.493 e. The van der Waals surface area contributed by atoms with Gasteiger partial charge in [-0.15, -0.1) is 0 Å². The van der Waals surface area contributed by atoms with Crippen molar-refractivity contribution in [2.24, 2.45) is 0 Å². The van der Waals surface area contributed by atoms with Crippen molar-refractivity contribution in [3.8, 4) is 17.6 Å². The van der Waals surface area contributed by atoms with Gasteiger partial charge in [-0.1, -0.05) is 0 Å². The molecule has 1 atom stereocenters. The third-order valence-electron chi connectivity index (χ3n) is 3.52. The van der Waals surface area contributed by atoms with Crippen LogP contribution < -0.4 is 5.69 Å². The third kappa shape index (κ3) is 1.68. The Morgan fingerprint density at radius 2 is 2.05 bits per heavy atom. The molecule has 21 heavy (non-hydrogen) atoms. The first-order chi connectivity index (χ1) is 9.97. The minimum Gasteiger partial charge on any atom is -0.493 e. The summed E-state index contributed by atoms with van der Waals surface area (Å²) in [6.45, 7) is 0.177. The molecule has 0 aliphatic carbocycles. The van der Waals surface area contributed by atoms with Gasteiger partial charge in [0.1, 0.15) is 17.9 Å². The summed E-state index contributed by atoms with van der Waals surface area (Å²) in [5, 5.41) is 28.4. The number of hydrogen-bond donors (Lipinski definition) is 2. The molecule has 1 aromatic carbocycles. The predicted octanol–water partition coefficient (Wildman–Crippen LogP) is 0.932. The van der Waals surface area contributed by atoms with Gasteiger partial charge < -0.3 is 10.2 Å². The molecule has 0 unspecified atom stereocenters. The molecule has 0 radical (unpaired) electrons. The van der Waals surface area contributed by atoms with E-state index >= 15 is 0 Å². The monoisotopic (exact) mass is 293 g/mol. The second-order valence-corrected chi connectivity index (χ2v) is 4.65. The van der Waals surface area contributed by atoms with E-state index in [0.29, 0.717) is 4.57 Å². The molecule has 0 amide bonds. The maximum absolute atomic E-state index is 14.0. The van der Waals surface area contributed by atoms with Crippen LogP contribution in [-0.2, 0) is 6.54 Å². The van der Waals surface area contributed by atoms with E-state index in [9.17, 15) is 23.8 Å². The lowest BCUT2D eigenvalue weighted by atomic mass is 10.2. The normalized spacial score (nSPS) is 16.8. The van der Waals surface area contributed by atoms with E-state index in [-0.39, 0.29) is 18.7 Å². The highest BCUT2D eigenvalue weighted by atomic mass is 19.2. The number of benzene rings is 1. The number of nitrogens with zero attached hydrogens (tertiary/aromatic N) is 3. The van der Waals surface area contributed by atoms with Crippen LogP contribution in [0.1, 0.15) is 23.8 Å². The second kappa shape index (κ2) is 4.43. The number of aliphatic hydroxyl groups excluding tert-OH is 1. The van der Waals surface area contributed by atoms with Crippen LogP contribution in [0.4, 0.5) is 8.78 Å². The van der Waals surface area contributed by atoms with Gasteiger partial charge in [-0.05, 0) is 18.6 Å². The van der Waals surface area contributed by atoms with Crippen LogP contribution >= 0.6 is 0 Å². The number of halogens is 2. The number of imidazole rings is 1. The Balaban J connectivity index is 2.30. The van der Waals surface area contributed by atoms with Crippen molar-refractivity contribution in [3.05, 3.63) is 45.5 Å². The van der Waals surface area contributed by atoms with Crippen molar-refractivity contribution in [2.75, 3.05) is 0 Å². The fourth-order valence-corrected chi connectivity index (χ4v) is 2.50. The molecule has 0 spiro atoms. The first-order valence-electron chi connectivity index (χ1n) is 6.08. The van der Waals surface area contributed by atoms with Gasteiger partial charge in [0.15, 0.2) is 11.6 Å². The van der Waals surface area contributed by atoms with Gasteiger partial charge in [0, 0.05) is 6.54 Å². The van der Waals surface area contributed by atoms with Crippen LogP contribution in [0.15, 0.2) is 16.9 Å². The van der Waals surface area contributed by atoms with Crippen molar-refractivity contribution in [3.63, 3.8) is 0 Å². The highest BCUT2D eigenvalue weighted by molar-refractivity contribution is 5.45. The highest BCUT2D eigenvalue weighted by Gasteiger charge is 2.32. The topological polar surface area (TPSA) is 91.2 Å². The van der Waals surface area contributed by atoms with E-state index in [4.69, 9.17) is 5.26 Å². The predicted molar refractivity (Wildman–Crippen MR) is 65.9 cm³/mol. The van der Waals surface area contributed by atoms with Crippen molar-refractivity contribution in [2.45, 2.75) is 19.1 Å². The van der Waals surface area contributed by atoms with Crippen LogP contribution in [0, 0.1) is 23.0 Å². The average Bonchev–Trinajstić information content (AvgIpc) is 2.95. The van der Waals surface area contributed by atoms with E-state index in [1.165, 1.54) is 6.07 Å². The molecule has 2 N–H and O–H groups in total. The number of aliphatic hydroxyl groups is 1. The maximum atomic E-state index is 14.0. The molecule has 0 saturated heterocycles. The summed E-state index contributed by atoms with van der Waals surface area (Å²) in [5.41, 5.74) is -1.81. The van der Waals surface area contributed by atoms with E-state index in [0.717, 1.165) is 16.7 Å². The molecule has 8 heteroatoms. The van der Waals surface area contributed by atoms with Gasteiger partial charge in [-0.2, -0.15) is 5.26 Å². The Bertz CT molecular complexity index is 848. The fraction of sp³-hybridized carbons (Fsp3) is 0.231.